The number of carbonyl (C=O) groups excluding carboxylic acids is 2. The Morgan fingerprint density at radius 1 is 0.370 bits per heavy atom. The topological polar surface area (TPSA) is 55.8 Å². The van der Waals surface area contributed by atoms with E-state index in [9.17, 15) is 9.59 Å². The van der Waals surface area contributed by atoms with E-state index in [1.807, 2.05) is 7.05 Å². The lowest BCUT2D eigenvalue weighted by molar-refractivity contribution is -0.144. The second kappa shape index (κ2) is 38.3. The second-order valence-electron chi connectivity index (χ2n) is 14.1. The average Bonchev–Trinajstić information content (AvgIpc) is 3.04. The lowest BCUT2D eigenvalue weighted by Crippen LogP contribution is -2.28. The largest absolute Gasteiger partial charge is 0.464 e. The van der Waals surface area contributed by atoms with Gasteiger partial charge in [0, 0.05) is 25.9 Å². The van der Waals surface area contributed by atoms with Crippen LogP contribution in [0.4, 0.5) is 0 Å². The Morgan fingerprint density at radius 2 is 0.587 bits per heavy atom. The number of esters is 2. The Hall–Kier alpha value is -1.10. The Kier molecular flexibility index (Phi) is 37.4. The summed E-state index contributed by atoms with van der Waals surface area (Å²) >= 11 is 0. The van der Waals surface area contributed by atoms with E-state index in [0.29, 0.717) is 39.1 Å². The summed E-state index contributed by atoms with van der Waals surface area (Å²) in [5.41, 5.74) is 0. The first kappa shape index (κ1) is 44.9. The number of rotatable bonds is 38. The standard InChI is InChI=1S/C41H81NO4/c1-4-6-8-10-12-14-16-18-20-22-24-26-28-30-32-34-40(43)45-38-36-42(3)37-39-46-41(44)35-33-31-29-27-25-23-21-19-17-15-13-11-9-7-5-2/h4-39H2,1-3H3. The number of carbonyl (C=O) groups is 2. The molecule has 0 aromatic heterocycles. The summed E-state index contributed by atoms with van der Waals surface area (Å²) in [5, 5.41) is 0. The summed E-state index contributed by atoms with van der Waals surface area (Å²) in [6.45, 7) is 6.70. The van der Waals surface area contributed by atoms with Gasteiger partial charge in [0.05, 0.1) is 0 Å². The molecule has 0 aromatic rings. The number of likely N-dealkylation sites (N-methyl/N-ethyl adjacent to an activating group) is 1. The third-order valence-corrected chi connectivity index (χ3v) is 9.44. The van der Waals surface area contributed by atoms with Gasteiger partial charge in [-0.25, -0.2) is 0 Å². The molecule has 0 heterocycles. The number of hydrogen-bond acceptors (Lipinski definition) is 5. The minimum atomic E-state index is -0.0852. The van der Waals surface area contributed by atoms with Gasteiger partial charge in [-0.3, -0.25) is 14.5 Å². The van der Waals surface area contributed by atoms with Gasteiger partial charge in [0.15, 0.2) is 0 Å². The van der Waals surface area contributed by atoms with E-state index in [4.69, 9.17) is 9.47 Å². The van der Waals surface area contributed by atoms with Crippen molar-refractivity contribution in [2.75, 3.05) is 33.4 Å². The predicted molar refractivity (Wildman–Crippen MR) is 199 cm³/mol. The molecule has 0 fully saturated rings. The van der Waals surface area contributed by atoms with Crippen molar-refractivity contribution in [3.63, 3.8) is 0 Å². The average molecular weight is 652 g/mol. The number of nitrogens with zero attached hydrogens (tertiary/aromatic N) is 1. The molecule has 0 saturated heterocycles. The highest BCUT2D eigenvalue weighted by atomic mass is 16.5. The molecule has 0 unspecified atom stereocenters. The molecule has 0 bridgehead atoms. The van der Waals surface area contributed by atoms with Crippen LogP contribution in [-0.2, 0) is 19.1 Å². The molecule has 0 aliphatic heterocycles. The second-order valence-corrected chi connectivity index (χ2v) is 14.1. The van der Waals surface area contributed by atoms with Crippen molar-refractivity contribution in [2.24, 2.45) is 0 Å². The minimum absolute atomic E-state index is 0.0852. The molecule has 5 nitrogen and oxygen atoms in total. The van der Waals surface area contributed by atoms with Crippen LogP contribution in [0.1, 0.15) is 219 Å². The fraction of sp³-hybridized carbons (Fsp3) is 0.951. The maximum absolute atomic E-state index is 12.0. The van der Waals surface area contributed by atoms with Crippen LogP contribution in [0, 0.1) is 0 Å². The number of ether oxygens (including phenoxy) is 2. The quantitative estimate of drug-likeness (QED) is 0.0491. The van der Waals surface area contributed by atoms with Gasteiger partial charge in [-0.2, -0.15) is 0 Å². The van der Waals surface area contributed by atoms with E-state index in [0.717, 1.165) is 25.7 Å². The molecular formula is C41H81NO4. The maximum atomic E-state index is 12.0. The molecule has 0 amide bonds. The van der Waals surface area contributed by atoms with Gasteiger partial charge in [-0.05, 0) is 19.9 Å². The Balaban J connectivity index is 3.36. The van der Waals surface area contributed by atoms with E-state index in [2.05, 4.69) is 18.7 Å². The zero-order valence-corrected chi connectivity index (χ0v) is 31.5. The highest BCUT2D eigenvalue weighted by Crippen LogP contribution is 2.15. The molecule has 0 N–H and O–H groups in total. The van der Waals surface area contributed by atoms with Crippen LogP contribution in [0.5, 0.6) is 0 Å². The highest BCUT2D eigenvalue weighted by Gasteiger charge is 2.07. The van der Waals surface area contributed by atoms with E-state index in [-0.39, 0.29) is 11.9 Å². The highest BCUT2D eigenvalue weighted by molar-refractivity contribution is 5.69. The summed E-state index contributed by atoms with van der Waals surface area (Å²) in [6, 6.07) is 0. The number of unbranched alkanes of at least 4 members (excludes halogenated alkanes) is 28. The zero-order chi connectivity index (χ0) is 33.6. The molecule has 274 valence electrons. The van der Waals surface area contributed by atoms with Crippen LogP contribution in [0.3, 0.4) is 0 Å². The van der Waals surface area contributed by atoms with Crippen molar-refractivity contribution in [3.8, 4) is 0 Å². The molecule has 0 rings (SSSR count). The summed E-state index contributed by atoms with van der Waals surface area (Å²) in [5.74, 6) is -0.170. The summed E-state index contributed by atoms with van der Waals surface area (Å²) in [7, 11) is 1.98. The zero-order valence-electron chi connectivity index (χ0n) is 31.5. The van der Waals surface area contributed by atoms with Crippen LogP contribution in [-0.4, -0.2) is 50.2 Å². The fourth-order valence-corrected chi connectivity index (χ4v) is 6.17. The Labute approximate surface area is 288 Å². The van der Waals surface area contributed by atoms with E-state index < -0.39 is 0 Å². The van der Waals surface area contributed by atoms with Crippen molar-refractivity contribution in [2.45, 2.75) is 219 Å². The number of hydrogen-bond donors (Lipinski definition) is 0. The molecule has 0 spiro atoms. The maximum Gasteiger partial charge on any atom is 0.305 e. The fourth-order valence-electron chi connectivity index (χ4n) is 6.17. The van der Waals surface area contributed by atoms with Crippen molar-refractivity contribution in [1.29, 1.82) is 0 Å². The molecule has 0 saturated carbocycles. The van der Waals surface area contributed by atoms with Crippen LogP contribution < -0.4 is 0 Å². The van der Waals surface area contributed by atoms with Gasteiger partial charge in [0.1, 0.15) is 13.2 Å². The monoisotopic (exact) mass is 652 g/mol. The first-order valence-corrected chi connectivity index (χ1v) is 20.6. The van der Waals surface area contributed by atoms with Crippen LogP contribution in [0.2, 0.25) is 0 Å². The Morgan fingerprint density at radius 3 is 0.826 bits per heavy atom. The first-order chi connectivity index (χ1) is 22.6. The van der Waals surface area contributed by atoms with Crippen LogP contribution >= 0.6 is 0 Å². The van der Waals surface area contributed by atoms with Crippen molar-refractivity contribution >= 4 is 11.9 Å². The third kappa shape index (κ3) is 37.4. The van der Waals surface area contributed by atoms with Crippen LogP contribution in [0.15, 0.2) is 0 Å². The van der Waals surface area contributed by atoms with Crippen molar-refractivity contribution in [1.82, 2.24) is 4.90 Å². The molecule has 0 radical (unpaired) electrons. The third-order valence-electron chi connectivity index (χ3n) is 9.44. The van der Waals surface area contributed by atoms with Gasteiger partial charge >= 0.3 is 11.9 Å². The van der Waals surface area contributed by atoms with Crippen molar-refractivity contribution < 1.29 is 19.1 Å². The van der Waals surface area contributed by atoms with Gasteiger partial charge in [-0.1, -0.05) is 194 Å². The summed E-state index contributed by atoms with van der Waals surface area (Å²) < 4.78 is 10.8. The minimum Gasteiger partial charge on any atom is -0.464 e. The first-order valence-electron chi connectivity index (χ1n) is 20.6. The van der Waals surface area contributed by atoms with Gasteiger partial charge < -0.3 is 9.47 Å². The molecule has 5 heteroatoms. The molecule has 0 aliphatic rings. The lowest BCUT2D eigenvalue weighted by atomic mass is 10.0. The van der Waals surface area contributed by atoms with E-state index >= 15 is 0 Å². The van der Waals surface area contributed by atoms with E-state index in [1.165, 1.54) is 167 Å². The molecule has 46 heavy (non-hydrogen) atoms. The molecule has 0 aromatic carbocycles. The van der Waals surface area contributed by atoms with Gasteiger partial charge in [-0.15, -0.1) is 0 Å². The molecular weight excluding hydrogens is 570 g/mol. The predicted octanol–water partition coefficient (Wildman–Crippen LogP) is 12.5. The SMILES string of the molecule is CCCCCCCCCCCCCCCCCC(=O)OCCN(C)CCOC(=O)CCCCCCCCCCCCCCCCC. The van der Waals surface area contributed by atoms with E-state index in [1.54, 1.807) is 0 Å². The smallest absolute Gasteiger partial charge is 0.305 e. The summed E-state index contributed by atoms with van der Waals surface area (Å²) in [4.78, 5) is 26.1. The normalized spacial score (nSPS) is 11.4. The van der Waals surface area contributed by atoms with Gasteiger partial charge in [0.25, 0.3) is 0 Å². The van der Waals surface area contributed by atoms with Crippen molar-refractivity contribution in [3.05, 3.63) is 0 Å². The van der Waals surface area contributed by atoms with Crippen LogP contribution in [0.25, 0.3) is 0 Å². The molecule has 0 atom stereocenters. The lowest BCUT2D eigenvalue weighted by Gasteiger charge is -2.16. The van der Waals surface area contributed by atoms with Gasteiger partial charge in [0.2, 0.25) is 0 Å². The molecule has 0 aliphatic carbocycles. The summed E-state index contributed by atoms with van der Waals surface area (Å²) in [6.07, 6.45) is 40.9. The Bertz CT molecular complexity index is 574.